The summed E-state index contributed by atoms with van der Waals surface area (Å²) in [4.78, 5) is 28.2. The van der Waals surface area contributed by atoms with Gasteiger partial charge >= 0.3 is 0 Å². The summed E-state index contributed by atoms with van der Waals surface area (Å²) in [6.07, 6.45) is 1.95. The van der Waals surface area contributed by atoms with E-state index in [1.807, 2.05) is 77.7 Å². The number of carbonyl (C=O) groups is 2. The third-order valence-corrected chi connectivity index (χ3v) is 7.61. The van der Waals surface area contributed by atoms with Gasteiger partial charge < -0.3 is 10.2 Å². The van der Waals surface area contributed by atoms with Gasteiger partial charge in [0.25, 0.3) is 0 Å². The van der Waals surface area contributed by atoms with Crippen molar-refractivity contribution in [2.75, 3.05) is 19.6 Å². The van der Waals surface area contributed by atoms with E-state index in [-0.39, 0.29) is 34.9 Å². The third kappa shape index (κ3) is 4.35. The summed E-state index contributed by atoms with van der Waals surface area (Å²) in [6, 6.07) is 26.5. The van der Waals surface area contributed by atoms with Crippen LogP contribution in [0.4, 0.5) is 4.39 Å². The summed E-state index contributed by atoms with van der Waals surface area (Å²) in [7, 11) is 0. The van der Waals surface area contributed by atoms with Gasteiger partial charge in [-0.1, -0.05) is 72.8 Å². The van der Waals surface area contributed by atoms with Crippen molar-refractivity contribution in [1.82, 2.24) is 10.2 Å². The fourth-order valence-electron chi connectivity index (χ4n) is 5.75. The minimum atomic E-state index is -0.348. The van der Waals surface area contributed by atoms with Crippen LogP contribution in [0.15, 0.2) is 84.9 Å². The van der Waals surface area contributed by atoms with Gasteiger partial charge in [-0.2, -0.15) is 0 Å². The molecular formula is C29H29FN2O2. The van der Waals surface area contributed by atoms with Crippen LogP contribution >= 0.6 is 0 Å². The first-order valence-corrected chi connectivity index (χ1v) is 12.0. The molecule has 34 heavy (non-hydrogen) atoms. The lowest BCUT2D eigenvalue weighted by Gasteiger charge is -2.49. The largest absolute Gasteiger partial charge is 0.355 e. The molecule has 2 saturated heterocycles. The maximum absolute atomic E-state index is 13.8. The molecule has 1 spiro atoms. The molecule has 5 rings (SSSR count). The molecule has 4 nitrogen and oxygen atoms in total. The van der Waals surface area contributed by atoms with E-state index in [1.165, 1.54) is 12.1 Å². The zero-order chi connectivity index (χ0) is 23.5. The van der Waals surface area contributed by atoms with Crippen LogP contribution in [0.25, 0.3) is 0 Å². The van der Waals surface area contributed by atoms with Gasteiger partial charge in [-0.25, -0.2) is 4.39 Å². The minimum absolute atomic E-state index is 0.0598. The van der Waals surface area contributed by atoms with Crippen molar-refractivity contribution >= 4 is 11.8 Å². The normalized spacial score (nSPS) is 19.8. The zero-order valence-electron chi connectivity index (χ0n) is 19.1. The fraction of sp³-hybridized carbons (Fsp3) is 0.310. The molecule has 2 aliphatic rings. The number of nitrogens with one attached hydrogen (secondary N) is 1. The topological polar surface area (TPSA) is 49.4 Å². The van der Waals surface area contributed by atoms with Crippen molar-refractivity contribution in [3.05, 3.63) is 107 Å². The average Bonchev–Trinajstić information content (AvgIpc) is 2.87. The molecule has 2 fully saturated rings. The van der Waals surface area contributed by atoms with Gasteiger partial charge in [-0.3, -0.25) is 9.59 Å². The summed E-state index contributed by atoms with van der Waals surface area (Å²) in [5, 5.41) is 3.00. The molecule has 1 atom stereocenters. The van der Waals surface area contributed by atoms with Crippen LogP contribution in [-0.2, 0) is 9.59 Å². The van der Waals surface area contributed by atoms with Crippen molar-refractivity contribution in [1.29, 1.82) is 0 Å². The third-order valence-electron chi connectivity index (χ3n) is 7.61. The highest BCUT2D eigenvalue weighted by Gasteiger charge is 2.47. The number of hydrogen-bond donors (Lipinski definition) is 1. The highest BCUT2D eigenvalue weighted by molar-refractivity contribution is 5.87. The Labute approximate surface area is 199 Å². The Balaban J connectivity index is 1.39. The number of piperidine rings is 2. The van der Waals surface area contributed by atoms with Crippen molar-refractivity contribution in [3.63, 3.8) is 0 Å². The molecule has 3 aromatic carbocycles. The van der Waals surface area contributed by atoms with E-state index in [0.717, 1.165) is 29.5 Å². The molecule has 2 heterocycles. The Morgan fingerprint density at radius 3 is 2.00 bits per heavy atom. The molecule has 0 aliphatic carbocycles. The highest BCUT2D eigenvalue weighted by atomic mass is 19.1. The second-order valence-electron chi connectivity index (χ2n) is 9.53. The van der Waals surface area contributed by atoms with Gasteiger partial charge in [0.15, 0.2) is 0 Å². The lowest BCUT2D eigenvalue weighted by Crippen LogP contribution is -2.53. The average molecular weight is 457 g/mol. The number of nitrogens with zero attached hydrogens (tertiary/aromatic N) is 1. The lowest BCUT2D eigenvalue weighted by atomic mass is 9.62. The van der Waals surface area contributed by atoms with E-state index in [0.29, 0.717) is 26.1 Å². The van der Waals surface area contributed by atoms with E-state index in [2.05, 4.69) is 5.32 Å². The van der Waals surface area contributed by atoms with E-state index >= 15 is 0 Å². The van der Waals surface area contributed by atoms with Crippen LogP contribution in [0.2, 0.25) is 0 Å². The van der Waals surface area contributed by atoms with Crippen LogP contribution in [0.5, 0.6) is 0 Å². The summed E-state index contributed by atoms with van der Waals surface area (Å²) < 4.78 is 13.5. The first-order chi connectivity index (χ1) is 16.6. The maximum Gasteiger partial charge on any atom is 0.234 e. The van der Waals surface area contributed by atoms with Gasteiger partial charge in [-0.15, -0.1) is 0 Å². The zero-order valence-corrected chi connectivity index (χ0v) is 19.1. The Morgan fingerprint density at radius 2 is 1.44 bits per heavy atom. The summed E-state index contributed by atoms with van der Waals surface area (Å²) >= 11 is 0. The van der Waals surface area contributed by atoms with Crippen LogP contribution in [0.1, 0.15) is 47.8 Å². The van der Waals surface area contributed by atoms with Crippen molar-refractivity contribution in [2.45, 2.75) is 31.1 Å². The number of amides is 2. The standard InChI is InChI=1S/C29H29FN2O2/c30-24-13-11-21(12-14-24)25-20-31-26(33)19-29(25)15-17-32(18-16-29)28(34)27(22-7-3-1-4-8-22)23-9-5-2-6-10-23/h1-14,25,27H,15-20H2,(H,31,33)/t25-/m1/s1. The lowest BCUT2D eigenvalue weighted by molar-refractivity contribution is -0.136. The maximum atomic E-state index is 13.8. The number of halogens is 1. The van der Waals surface area contributed by atoms with E-state index < -0.39 is 0 Å². The minimum Gasteiger partial charge on any atom is -0.355 e. The van der Waals surface area contributed by atoms with Crippen LogP contribution in [0.3, 0.4) is 0 Å². The van der Waals surface area contributed by atoms with Gasteiger partial charge in [0.1, 0.15) is 5.82 Å². The van der Waals surface area contributed by atoms with E-state index in [4.69, 9.17) is 0 Å². The van der Waals surface area contributed by atoms with Crippen molar-refractivity contribution in [3.8, 4) is 0 Å². The van der Waals surface area contributed by atoms with Crippen LogP contribution < -0.4 is 5.32 Å². The molecule has 2 amide bonds. The summed E-state index contributed by atoms with van der Waals surface area (Å²) in [6.45, 7) is 1.77. The molecule has 1 N–H and O–H groups in total. The first kappa shape index (κ1) is 22.3. The Bertz CT molecular complexity index is 1100. The molecule has 2 aliphatic heterocycles. The van der Waals surface area contributed by atoms with Gasteiger partial charge in [0.05, 0.1) is 5.92 Å². The molecule has 0 saturated carbocycles. The number of hydrogen-bond acceptors (Lipinski definition) is 2. The van der Waals surface area contributed by atoms with E-state index in [1.54, 1.807) is 0 Å². The Kier molecular flexibility index (Phi) is 6.18. The smallest absolute Gasteiger partial charge is 0.234 e. The van der Waals surface area contributed by atoms with Crippen LogP contribution in [-0.4, -0.2) is 36.3 Å². The number of carbonyl (C=O) groups excluding carboxylic acids is 2. The summed E-state index contributed by atoms with van der Waals surface area (Å²) in [5.41, 5.74) is 2.81. The van der Waals surface area contributed by atoms with Crippen LogP contribution in [0, 0.1) is 11.2 Å². The number of likely N-dealkylation sites (tertiary alicyclic amines) is 1. The molecule has 174 valence electrons. The highest BCUT2D eigenvalue weighted by Crippen LogP contribution is 2.49. The van der Waals surface area contributed by atoms with Gasteiger partial charge in [0.2, 0.25) is 11.8 Å². The first-order valence-electron chi connectivity index (χ1n) is 12.0. The predicted molar refractivity (Wildman–Crippen MR) is 130 cm³/mol. The molecule has 0 unspecified atom stereocenters. The molecular weight excluding hydrogens is 427 g/mol. The fourth-order valence-corrected chi connectivity index (χ4v) is 5.75. The second kappa shape index (κ2) is 9.41. The second-order valence-corrected chi connectivity index (χ2v) is 9.53. The Hall–Kier alpha value is -3.47. The molecule has 0 radical (unpaired) electrons. The molecule has 0 bridgehead atoms. The Morgan fingerprint density at radius 1 is 0.882 bits per heavy atom. The van der Waals surface area contributed by atoms with Crippen molar-refractivity contribution in [2.24, 2.45) is 5.41 Å². The monoisotopic (exact) mass is 456 g/mol. The predicted octanol–water partition coefficient (Wildman–Crippen LogP) is 4.87. The van der Waals surface area contributed by atoms with Gasteiger partial charge in [0, 0.05) is 32.0 Å². The quantitative estimate of drug-likeness (QED) is 0.609. The van der Waals surface area contributed by atoms with Gasteiger partial charge in [-0.05, 0) is 47.1 Å². The molecule has 3 aromatic rings. The molecule has 5 heteroatoms. The number of rotatable bonds is 4. The summed E-state index contributed by atoms with van der Waals surface area (Å²) in [5.74, 6) is -0.331. The van der Waals surface area contributed by atoms with E-state index in [9.17, 15) is 14.0 Å². The van der Waals surface area contributed by atoms with Crippen molar-refractivity contribution < 1.29 is 14.0 Å². The SMILES string of the molecule is O=C1CC2(CCN(C(=O)C(c3ccccc3)c3ccccc3)CC2)[C@@H](c2ccc(F)cc2)CN1. The molecule has 0 aromatic heterocycles. The number of benzene rings is 3.